The molecule has 0 aliphatic carbocycles. The van der Waals surface area contributed by atoms with E-state index in [1.54, 1.807) is 13.2 Å². The fourth-order valence-corrected chi connectivity index (χ4v) is 5.15. The van der Waals surface area contributed by atoms with E-state index in [2.05, 4.69) is 56.2 Å². The molecule has 0 amide bonds. The molecule has 1 aliphatic rings. The molecule has 7 heteroatoms. The minimum Gasteiger partial charge on any atom is -0.493 e. The predicted octanol–water partition coefficient (Wildman–Crippen LogP) is 6.98. The number of carbonyl (C=O) groups excluding carboxylic acids is 1. The molecule has 0 saturated heterocycles. The van der Waals surface area contributed by atoms with Crippen LogP contribution in [0.15, 0.2) is 89.6 Å². The molecule has 4 aromatic carbocycles. The van der Waals surface area contributed by atoms with Gasteiger partial charge in [0.25, 0.3) is 0 Å². The van der Waals surface area contributed by atoms with Crippen molar-refractivity contribution in [3.8, 4) is 11.5 Å². The number of aliphatic imine (C=N–C) groups is 1. The zero-order chi connectivity index (χ0) is 24.4. The van der Waals surface area contributed by atoms with Gasteiger partial charge in [0.2, 0.25) is 5.90 Å². The van der Waals surface area contributed by atoms with Gasteiger partial charge in [0.1, 0.15) is 6.61 Å². The summed E-state index contributed by atoms with van der Waals surface area (Å²) in [6.45, 7) is 0.426. The van der Waals surface area contributed by atoms with Gasteiger partial charge >= 0.3 is 5.97 Å². The number of hydrogen-bond donors (Lipinski definition) is 0. The van der Waals surface area contributed by atoms with Gasteiger partial charge in [-0.3, -0.25) is 0 Å². The van der Waals surface area contributed by atoms with Crippen LogP contribution in [-0.2, 0) is 16.1 Å². The van der Waals surface area contributed by atoms with E-state index in [0.29, 0.717) is 24.0 Å². The highest BCUT2D eigenvalue weighted by molar-refractivity contribution is 14.1. The zero-order valence-corrected chi connectivity index (χ0v) is 22.9. The van der Waals surface area contributed by atoms with E-state index >= 15 is 0 Å². The quantitative estimate of drug-likeness (QED) is 0.125. The number of carbonyl (C=O) groups is 1. The van der Waals surface area contributed by atoms with E-state index in [9.17, 15) is 4.79 Å². The number of methoxy groups -OCH3 is 1. The molecule has 0 aromatic heterocycles. The zero-order valence-electron chi connectivity index (χ0n) is 18.6. The summed E-state index contributed by atoms with van der Waals surface area (Å²) < 4.78 is 19.2. The van der Waals surface area contributed by atoms with Crippen LogP contribution in [0.25, 0.3) is 16.8 Å². The maximum absolute atomic E-state index is 12.6. The molecule has 0 spiro atoms. The van der Waals surface area contributed by atoms with Crippen LogP contribution in [0.2, 0.25) is 0 Å². The number of rotatable bonds is 6. The Hall–Kier alpha value is -2.92. The summed E-state index contributed by atoms with van der Waals surface area (Å²) in [6.07, 6.45) is 1.70. The molecule has 1 heterocycles. The second-order valence-corrected chi connectivity index (χ2v) is 10.3. The second kappa shape index (κ2) is 10.4. The minimum atomic E-state index is -0.485. The molecular formula is C28H19I2NO4. The van der Waals surface area contributed by atoms with Crippen molar-refractivity contribution in [2.75, 3.05) is 7.11 Å². The van der Waals surface area contributed by atoms with Gasteiger partial charge in [0, 0.05) is 9.13 Å². The van der Waals surface area contributed by atoms with Crippen LogP contribution in [0.1, 0.15) is 16.7 Å². The maximum atomic E-state index is 12.6. The van der Waals surface area contributed by atoms with Gasteiger partial charge in [-0.05, 0) is 110 Å². The number of nitrogens with zero attached hydrogens (tertiary/aromatic N) is 1. The van der Waals surface area contributed by atoms with Crippen molar-refractivity contribution in [2.24, 2.45) is 4.99 Å². The van der Waals surface area contributed by atoms with Gasteiger partial charge in [-0.15, -0.1) is 0 Å². The Labute approximate surface area is 230 Å². The molecule has 4 aromatic rings. The molecule has 5 rings (SSSR count). The summed E-state index contributed by atoms with van der Waals surface area (Å²) in [5.41, 5.74) is 2.83. The molecule has 0 atom stereocenters. The molecule has 0 fully saturated rings. The van der Waals surface area contributed by atoms with Crippen LogP contribution in [0.3, 0.4) is 0 Å². The van der Waals surface area contributed by atoms with E-state index in [0.717, 1.165) is 34.6 Å². The van der Waals surface area contributed by atoms with Gasteiger partial charge in [-0.2, -0.15) is 0 Å². The largest absolute Gasteiger partial charge is 0.493 e. The first-order valence-electron chi connectivity index (χ1n) is 10.8. The van der Waals surface area contributed by atoms with E-state index in [1.165, 1.54) is 0 Å². The molecule has 174 valence electrons. The summed E-state index contributed by atoms with van der Waals surface area (Å²) in [5.74, 6) is 1.05. The Morgan fingerprint density at radius 2 is 1.77 bits per heavy atom. The van der Waals surface area contributed by atoms with Gasteiger partial charge in [0.05, 0.1) is 10.7 Å². The van der Waals surface area contributed by atoms with Crippen LogP contribution in [0.4, 0.5) is 0 Å². The topological polar surface area (TPSA) is 57.1 Å². The average Bonchev–Trinajstić information content (AvgIpc) is 3.22. The first kappa shape index (κ1) is 23.8. The van der Waals surface area contributed by atoms with Crippen molar-refractivity contribution in [1.29, 1.82) is 0 Å². The Morgan fingerprint density at radius 1 is 0.943 bits per heavy atom. The monoisotopic (exact) mass is 687 g/mol. The average molecular weight is 687 g/mol. The highest BCUT2D eigenvalue weighted by Gasteiger charge is 2.24. The van der Waals surface area contributed by atoms with Crippen LogP contribution < -0.4 is 9.47 Å². The molecule has 0 N–H and O–H groups in total. The van der Waals surface area contributed by atoms with Crippen LogP contribution in [0.5, 0.6) is 11.5 Å². The SMILES string of the molecule is COc1cc(/C=C2\N=C(c3ccc4ccccc4c3)OC2=O)cc(I)c1OCc1cccc(I)c1. The number of esters is 1. The predicted molar refractivity (Wildman–Crippen MR) is 154 cm³/mol. The molecule has 0 saturated carbocycles. The molecule has 0 unspecified atom stereocenters. The first-order valence-corrected chi connectivity index (χ1v) is 12.9. The lowest BCUT2D eigenvalue weighted by Gasteiger charge is -2.14. The Bertz CT molecular complexity index is 1510. The van der Waals surface area contributed by atoms with Gasteiger partial charge in [-0.25, -0.2) is 9.79 Å². The van der Waals surface area contributed by atoms with E-state index in [1.807, 2.05) is 72.8 Å². The van der Waals surface area contributed by atoms with Gasteiger partial charge in [-0.1, -0.05) is 42.5 Å². The molecule has 1 aliphatic heterocycles. The lowest BCUT2D eigenvalue weighted by molar-refractivity contribution is -0.129. The van der Waals surface area contributed by atoms with E-state index < -0.39 is 5.97 Å². The van der Waals surface area contributed by atoms with Crippen molar-refractivity contribution in [3.63, 3.8) is 0 Å². The maximum Gasteiger partial charge on any atom is 0.363 e. The molecule has 0 bridgehead atoms. The third-order valence-electron chi connectivity index (χ3n) is 5.44. The van der Waals surface area contributed by atoms with Crippen molar-refractivity contribution < 1.29 is 19.0 Å². The molecule has 5 nitrogen and oxygen atoms in total. The number of ether oxygens (including phenoxy) is 3. The third-order valence-corrected chi connectivity index (χ3v) is 6.92. The summed E-state index contributed by atoms with van der Waals surface area (Å²) in [6, 6.07) is 25.8. The molecule has 35 heavy (non-hydrogen) atoms. The van der Waals surface area contributed by atoms with Gasteiger partial charge in [0.15, 0.2) is 17.2 Å². The standard InChI is InChI=1S/C28H19I2NO4/c1-33-25-14-18(12-23(30)26(25)34-16-17-5-4-8-22(29)11-17)13-24-28(32)35-27(31-24)21-10-9-19-6-2-3-7-20(19)15-21/h2-15H,16H2,1H3/b24-13-. The smallest absolute Gasteiger partial charge is 0.363 e. The normalized spacial score (nSPS) is 14.2. The van der Waals surface area contributed by atoms with E-state index in [-0.39, 0.29) is 5.70 Å². The van der Waals surface area contributed by atoms with Crippen molar-refractivity contribution >= 4 is 73.9 Å². The lowest BCUT2D eigenvalue weighted by atomic mass is 10.1. The fourth-order valence-electron chi connectivity index (χ4n) is 3.76. The number of hydrogen-bond acceptors (Lipinski definition) is 5. The summed E-state index contributed by atoms with van der Waals surface area (Å²) in [5, 5.41) is 2.17. The number of benzene rings is 4. The van der Waals surface area contributed by atoms with Gasteiger partial charge < -0.3 is 14.2 Å². The van der Waals surface area contributed by atoms with Crippen LogP contribution in [0, 0.1) is 7.14 Å². The summed E-state index contributed by atoms with van der Waals surface area (Å²) >= 11 is 4.49. The minimum absolute atomic E-state index is 0.235. The lowest BCUT2D eigenvalue weighted by Crippen LogP contribution is -2.05. The molecular weight excluding hydrogens is 668 g/mol. The van der Waals surface area contributed by atoms with Crippen LogP contribution in [-0.4, -0.2) is 19.0 Å². The second-order valence-electron chi connectivity index (χ2n) is 7.85. The Kier molecular flexibility index (Phi) is 7.05. The Morgan fingerprint density at radius 3 is 2.57 bits per heavy atom. The summed E-state index contributed by atoms with van der Waals surface area (Å²) in [7, 11) is 1.60. The van der Waals surface area contributed by atoms with Crippen molar-refractivity contribution in [1.82, 2.24) is 0 Å². The number of halogens is 2. The number of fused-ring (bicyclic) bond motifs is 1. The first-order chi connectivity index (χ1) is 17.0. The highest BCUT2D eigenvalue weighted by Crippen LogP contribution is 2.35. The fraction of sp³-hybridized carbons (Fsp3) is 0.0714. The van der Waals surface area contributed by atoms with Crippen LogP contribution >= 0.6 is 45.2 Å². The third kappa shape index (κ3) is 5.35. The molecule has 0 radical (unpaired) electrons. The van der Waals surface area contributed by atoms with Crippen molar-refractivity contribution in [3.05, 3.63) is 108 Å². The van der Waals surface area contributed by atoms with Crippen molar-refractivity contribution in [2.45, 2.75) is 6.61 Å². The van der Waals surface area contributed by atoms with E-state index in [4.69, 9.17) is 14.2 Å². The Balaban J connectivity index is 1.41. The summed E-state index contributed by atoms with van der Waals surface area (Å²) in [4.78, 5) is 17.0. The number of cyclic esters (lactones) is 1. The highest BCUT2D eigenvalue weighted by atomic mass is 127.